The number of nitrogens with zero attached hydrogens (tertiary/aromatic N) is 1. The van der Waals surface area contributed by atoms with Crippen LogP contribution in [0.25, 0.3) is 0 Å². The molecule has 62 valence electrons. The number of hydrogen-bond donors (Lipinski definition) is 1. The fourth-order valence-electron chi connectivity index (χ4n) is 1.15. The lowest BCUT2D eigenvalue weighted by Crippen LogP contribution is -2.39. The van der Waals surface area contributed by atoms with Crippen LogP contribution >= 0.6 is 11.3 Å². The first-order valence-electron chi connectivity index (χ1n) is 3.87. The van der Waals surface area contributed by atoms with Gasteiger partial charge in [0.2, 0.25) is 5.01 Å². The van der Waals surface area contributed by atoms with Crippen LogP contribution in [0.4, 0.5) is 0 Å². The molecule has 11 heavy (non-hydrogen) atoms. The van der Waals surface area contributed by atoms with Gasteiger partial charge in [-0.2, -0.15) is 4.57 Å². The van der Waals surface area contributed by atoms with E-state index in [0.29, 0.717) is 0 Å². The van der Waals surface area contributed by atoms with E-state index in [0.717, 1.165) is 13.0 Å². The first-order valence-corrected chi connectivity index (χ1v) is 4.75. The third kappa shape index (κ3) is 1.79. The molecule has 0 saturated heterocycles. The highest BCUT2D eigenvalue weighted by Gasteiger charge is 2.13. The van der Waals surface area contributed by atoms with Crippen molar-refractivity contribution in [1.29, 1.82) is 0 Å². The number of aromatic nitrogens is 1. The number of thiazole rings is 1. The maximum absolute atomic E-state index is 8.77. The molecule has 1 aromatic heterocycles. The zero-order valence-electron chi connectivity index (χ0n) is 7.00. The fraction of sp³-hybridized carbons (Fsp3) is 0.625. The number of aliphatic hydroxyl groups excluding tert-OH is 1. The number of aryl methyl sites for hydroxylation is 2. The minimum absolute atomic E-state index is 0.231. The minimum Gasteiger partial charge on any atom is -0.390 e. The van der Waals surface area contributed by atoms with Crippen LogP contribution < -0.4 is 4.57 Å². The Balaban J connectivity index is 2.88. The summed E-state index contributed by atoms with van der Waals surface area (Å²) in [5, 5.41) is 12.2. The van der Waals surface area contributed by atoms with E-state index in [4.69, 9.17) is 5.11 Å². The van der Waals surface area contributed by atoms with Crippen molar-refractivity contribution in [3.63, 3.8) is 0 Å². The average molecular weight is 172 g/mol. The van der Waals surface area contributed by atoms with Crippen LogP contribution in [0.1, 0.15) is 17.6 Å². The third-order valence-electron chi connectivity index (χ3n) is 1.72. The third-order valence-corrected chi connectivity index (χ3v) is 2.96. The predicted octanol–water partition coefficient (Wildman–Crippen LogP) is 0.899. The highest BCUT2D eigenvalue weighted by atomic mass is 32.1. The van der Waals surface area contributed by atoms with Crippen LogP contribution in [0.5, 0.6) is 0 Å². The maximum Gasteiger partial charge on any atom is 0.237 e. The molecule has 0 aromatic carbocycles. The number of hydrogen-bond acceptors (Lipinski definition) is 2. The molecule has 1 aromatic rings. The molecule has 0 saturated carbocycles. The van der Waals surface area contributed by atoms with Crippen LogP contribution in [-0.4, -0.2) is 11.7 Å². The van der Waals surface area contributed by atoms with Gasteiger partial charge < -0.3 is 5.11 Å². The Kier molecular flexibility index (Phi) is 3.02. The lowest BCUT2D eigenvalue weighted by Gasteiger charge is -1.93. The molecule has 0 spiro atoms. The first kappa shape index (κ1) is 8.68. The Bertz CT molecular complexity index is 232. The van der Waals surface area contributed by atoms with Crippen molar-refractivity contribution < 1.29 is 9.67 Å². The molecule has 0 aliphatic heterocycles. The first-order chi connectivity index (χ1) is 5.29. The van der Waals surface area contributed by atoms with Crippen molar-refractivity contribution in [3.05, 3.63) is 16.1 Å². The van der Waals surface area contributed by atoms with Crippen molar-refractivity contribution in [2.75, 3.05) is 6.61 Å². The molecule has 0 amide bonds. The second-order valence-corrected chi connectivity index (χ2v) is 3.44. The summed E-state index contributed by atoms with van der Waals surface area (Å²) in [5.74, 6) is 0. The summed E-state index contributed by atoms with van der Waals surface area (Å²) in [7, 11) is 0. The summed E-state index contributed by atoms with van der Waals surface area (Å²) in [6, 6.07) is 0. The molecule has 1 heterocycles. The Labute approximate surface area is 71.1 Å². The van der Waals surface area contributed by atoms with Crippen molar-refractivity contribution in [3.8, 4) is 0 Å². The van der Waals surface area contributed by atoms with E-state index in [1.807, 2.05) is 0 Å². The Hall–Kier alpha value is -0.410. The van der Waals surface area contributed by atoms with Gasteiger partial charge in [-0.3, -0.25) is 0 Å². The molecule has 0 atom stereocenters. The Morgan fingerprint density at radius 3 is 2.91 bits per heavy atom. The van der Waals surface area contributed by atoms with Gasteiger partial charge in [-0.25, -0.2) is 0 Å². The maximum atomic E-state index is 8.77. The van der Waals surface area contributed by atoms with Gasteiger partial charge >= 0.3 is 0 Å². The molecule has 1 N–H and O–H groups in total. The normalized spacial score (nSPS) is 10.5. The van der Waals surface area contributed by atoms with Crippen LogP contribution in [-0.2, 0) is 13.0 Å². The molecular weight excluding hydrogens is 158 g/mol. The summed E-state index contributed by atoms with van der Waals surface area (Å²) in [5.41, 5.74) is 1.25. The largest absolute Gasteiger partial charge is 0.390 e. The number of aliphatic hydroxyl groups is 1. The average Bonchev–Trinajstić information content (AvgIpc) is 2.34. The predicted molar refractivity (Wildman–Crippen MR) is 45.7 cm³/mol. The molecule has 0 aliphatic carbocycles. The zero-order chi connectivity index (χ0) is 8.27. The molecule has 0 fully saturated rings. The van der Waals surface area contributed by atoms with Crippen LogP contribution in [0.2, 0.25) is 0 Å². The smallest absolute Gasteiger partial charge is 0.237 e. The highest BCUT2D eigenvalue weighted by molar-refractivity contribution is 7.09. The van der Waals surface area contributed by atoms with E-state index >= 15 is 0 Å². The lowest BCUT2D eigenvalue weighted by atomic mass is 10.4. The molecule has 2 nitrogen and oxygen atoms in total. The standard InChI is InChI=1S/C8H14NOS/c1-3-8-9(4-5-10)7(2)6-11-8/h6,10H,3-5H2,1-2H3/q+1. The molecule has 3 heteroatoms. The van der Waals surface area contributed by atoms with E-state index in [9.17, 15) is 0 Å². The topological polar surface area (TPSA) is 24.1 Å². The van der Waals surface area contributed by atoms with Gasteiger partial charge in [-0.05, 0) is 0 Å². The van der Waals surface area contributed by atoms with Crippen LogP contribution in [0.15, 0.2) is 5.38 Å². The summed E-state index contributed by atoms with van der Waals surface area (Å²) >= 11 is 1.77. The van der Waals surface area contributed by atoms with Gasteiger partial charge in [0.05, 0.1) is 5.38 Å². The van der Waals surface area contributed by atoms with Crippen molar-refractivity contribution in [1.82, 2.24) is 0 Å². The van der Waals surface area contributed by atoms with Crippen molar-refractivity contribution in [2.24, 2.45) is 0 Å². The minimum atomic E-state index is 0.231. The summed E-state index contributed by atoms with van der Waals surface area (Å²) in [6.07, 6.45) is 1.05. The van der Waals surface area contributed by atoms with Gasteiger partial charge in [0.1, 0.15) is 6.61 Å². The van der Waals surface area contributed by atoms with Gasteiger partial charge in [0.25, 0.3) is 0 Å². The highest BCUT2D eigenvalue weighted by Crippen LogP contribution is 2.06. The van der Waals surface area contributed by atoms with E-state index in [1.165, 1.54) is 10.7 Å². The summed E-state index contributed by atoms with van der Waals surface area (Å²) in [6.45, 7) is 5.18. The SMILES string of the molecule is CCc1scc(C)[n+]1CCO. The van der Waals surface area contributed by atoms with Gasteiger partial charge in [0, 0.05) is 13.3 Å². The monoisotopic (exact) mass is 172 g/mol. The molecule has 0 aliphatic rings. The molecule has 0 unspecified atom stereocenters. The quantitative estimate of drug-likeness (QED) is 0.673. The van der Waals surface area contributed by atoms with Gasteiger partial charge in [-0.1, -0.05) is 18.3 Å². The fourth-order valence-corrected chi connectivity index (χ4v) is 2.12. The van der Waals surface area contributed by atoms with Crippen molar-refractivity contribution >= 4 is 11.3 Å². The van der Waals surface area contributed by atoms with Crippen molar-refractivity contribution in [2.45, 2.75) is 26.8 Å². The molecular formula is C8H14NOS+. The second kappa shape index (κ2) is 3.83. The molecule has 0 bridgehead atoms. The second-order valence-electron chi connectivity index (χ2n) is 2.50. The Morgan fingerprint density at radius 2 is 2.36 bits per heavy atom. The summed E-state index contributed by atoms with van der Waals surface area (Å²) in [4.78, 5) is 0. The summed E-state index contributed by atoms with van der Waals surface area (Å²) < 4.78 is 2.17. The van der Waals surface area contributed by atoms with E-state index in [2.05, 4.69) is 23.8 Å². The Morgan fingerprint density at radius 1 is 1.64 bits per heavy atom. The van der Waals surface area contributed by atoms with Crippen LogP contribution in [0, 0.1) is 6.92 Å². The van der Waals surface area contributed by atoms with E-state index < -0.39 is 0 Å². The van der Waals surface area contributed by atoms with E-state index in [-0.39, 0.29) is 6.61 Å². The number of rotatable bonds is 3. The lowest BCUT2D eigenvalue weighted by molar-refractivity contribution is -0.705. The zero-order valence-corrected chi connectivity index (χ0v) is 7.82. The molecule has 0 radical (unpaired) electrons. The van der Waals surface area contributed by atoms with Crippen LogP contribution in [0.3, 0.4) is 0 Å². The molecule has 1 rings (SSSR count). The van der Waals surface area contributed by atoms with E-state index in [1.54, 1.807) is 11.3 Å². The van der Waals surface area contributed by atoms with Gasteiger partial charge in [-0.15, -0.1) is 0 Å². The van der Waals surface area contributed by atoms with Gasteiger partial charge in [0.15, 0.2) is 12.2 Å².